The van der Waals surface area contributed by atoms with Crippen molar-refractivity contribution in [3.8, 4) is 0 Å². The Labute approximate surface area is 121 Å². The normalized spacial score (nSPS) is 19.4. The summed E-state index contributed by atoms with van der Waals surface area (Å²) in [6.45, 7) is 2.31. The fourth-order valence-corrected chi connectivity index (χ4v) is 2.32. The van der Waals surface area contributed by atoms with Gasteiger partial charge in [-0.05, 0) is 13.0 Å². The number of aliphatic imine (C=N–C) groups is 1. The molecule has 1 unspecified atom stereocenters. The van der Waals surface area contributed by atoms with E-state index in [2.05, 4.69) is 4.99 Å². The van der Waals surface area contributed by atoms with Crippen LogP contribution in [0.3, 0.4) is 0 Å². The van der Waals surface area contributed by atoms with Gasteiger partial charge < -0.3 is 0 Å². The van der Waals surface area contributed by atoms with Gasteiger partial charge in [0.25, 0.3) is 5.92 Å². The number of hydrogen-bond acceptors (Lipinski definition) is 2. The maximum Gasteiger partial charge on any atom is 0.253 e. The van der Waals surface area contributed by atoms with Crippen LogP contribution in [0.5, 0.6) is 0 Å². The smallest absolute Gasteiger partial charge is 0.253 e. The van der Waals surface area contributed by atoms with Gasteiger partial charge >= 0.3 is 0 Å². The molecule has 0 amide bonds. The van der Waals surface area contributed by atoms with Crippen molar-refractivity contribution in [3.63, 3.8) is 0 Å². The van der Waals surface area contributed by atoms with Crippen molar-refractivity contribution < 1.29 is 13.6 Å². The molecule has 1 aliphatic heterocycles. The van der Waals surface area contributed by atoms with E-state index >= 15 is 0 Å². The van der Waals surface area contributed by atoms with Crippen LogP contribution in [0.25, 0.3) is 0 Å². The maximum absolute atomic E-state index is 13.3. The Hall–Kier alpha value is -1.55. The summed E-state index contributed by atoms with van der Waals surface area (Å²) < 4.78 is 26.5. The Kier molecular flexibility index (Phi) is 4.04. The summed E-state index contributed by atoms with van der Waals surface area (Å²) in [7, 11) is 0. The van der Waals surface area contributed by atoms with Gasteiger partial charge in [0.05, 0.1) is 23.2 Å². The van der Waals surface area contributed by atoms with Gasteiger partial charge in [-0.3, -0.25) is 9.79 Å². The molecular weight excluding hydrogens is 284 g/mol. The largest absolute Gasteiger partial charge is 0.295 e. The van der Waals surface area contributed by atoms with E-state index in [4.69, 9.17) is 11.6 Å². The summed E-state index contributed by atoms with van der Waals surface area (Å²) in [6.07, 6.45) is 1.34. The monoisotopic (exact) mass is 297 g/mol. The number of rotatable bonds is 3. The molecule has 0 bridgehead atoms. The van der Waals surface area contributed by atoms with Crippen LogP contribution < -0.4 is 0 Å². The molecule has 2 nitrogen and oxygen atoms in total. The standard InChI is InChI=1S/C15H14ClF2NO/c1-9(20)10-4-3-5-11(6-10)14-13(16)7-12(8-19-14)15(2,17)18/h3-7,12H,8H2,1-2H3. The molecule has 0 spiro atoms. The molecule has 1 aliphatic rings. The number of dihydropyridines is 1. The summed E-state index contributed by atoms with van der Waals surface area (Å²) >= 11 is 6.06. The second-order valence-electron chi connectivity index (χ2n) is 4.90. The number of carbonyl (C=O) groups is 1. The second-order valence-corrected chi connectivity index (χ2v) is 5.31. The van der Waals surface area contributed by atoms with E-state index in [9.17, 15) is 13.6 Å². The first-order valence-electron chi connectivity index (χ1n) is 6.20. The van der Waals surface area contributed by atoms with Gasteiger partial charge in [-0.15, -0.1) is 0 Å². The quantitative estimate of drug-likeness (QED) is 0.773. The highest BCUT2D eigenvalue weighted by atomic mass is 35.5. The molecule has 0 saturated carbocycles. The number of benzene rings is 1. The van der Waals surface area contributed by atoms with Crippen LogP contribution >= 0.6 is 11.6 Å². The van der Waals surface area contributed by atoms with Crippen molar-refractivity contribution in [2.75, 3.05) is 6.54 Å². The number of hydrogen-bond donors (Lipinski definition) is 0. The van der Waals surface area contributed by atoms with E-state index in [1.807, 2.05) is 0 Å². The number of Topliss-reactive ketones (excluding diaryl/α,β-unsaturated/α-hetero) is 1. The van der Waals surface area contributed by atoms with Crippen molar-refractivity contribution in [1.82, 2.24) is 0 Å². The highest BCUT2D eigenvalue weighted by Crippen LogP contribution is 2.31. The SMILES string of the molecule is CC(=O)c1cccc(C2=NCC(C(C)(F)F)C=C2Cl)c1. The summed E-state index contributed by atoms with van der Waals surface area (Å²) in [5.41, 5.74) is 1.66. The molecule has 0 aromatic heterocycles. The van der Waals surface area contributed by atoms with Gasteiger partial charge in [-0.2, -0.15) is 0 Å². The molecule has 0 N–H and O–H groups in total. The average molecular weight is 298 g/mol. The Morgan fingerprint density at radius 1 is 1.45 bits per heavy atom. The molecule has 1 atom stereocenters. The lowest BCUT2D eigenvalue weighted by Crippen LogP contribution is -2.28. The van der Waals surface area contributed by atoms with Crippen LogP contribution in [0.4, 0.5) is 8.78 Å². The number of allylic oxidation sites excluding steroid dienone is 1. The van der Waals surface area contributed by atoms with Gasteiger partial charge in [-0.1, -0.05) is 35.9 Å². The molecular formula is C15H14ClF2NO. The zero-order valence-electron chi connectivity index (χ0n) is 11.2. The van der Waals surface area contributed by atoms with E-state index in [0.29, 0.717) is 16.8 Å². The Morgan fingerprint density at radius 3 is 2.70 bits per heavy atom. The molecule has 2 rings (SSSR count). The Bertz CT molecular complexity index is 602. The van der Waals surface area contributed by atoms with E-state index in [1.165, 1.54) is 13.0 Å². The first kappa shape index (κ1) is 14.9. The maximum atomic E-state index is 13.3. The number of nitrogens with zero attached hydrogens (tertiary/aromatic N) is 1. The van der Waals surface area contributed by atoms with Crippen LogP contribution in [-0.2, 0) is 0 Å². The highest BCUT2D eigenvalue weighted by Gasteiger charge is 2.34. The second kappa shape index (κ2) is 5.44. The molecule has 106 valence electrons. The third-order valence-corrected chi connectivity index (χ3v) is 3.52. The van der Waals surface area contributed by atoms with Gasteiger partial charge in [0.2, 0.25) is 0 Å². The highest BCUT2D eigenvalue weighted by molar-refractivity contribution is 6.46. The van der Waals surface area contributed by atoms with Crippen LogP contribution in [0.15, 0.2) is 40.4 Å². The van der Waals surface area contributed by atoms with Crippen molar-refractivity contribution in [1.29, 1.82) is 0 Å². The number of carbonyl (C=O) groups excluding carboxylic acids is 1. The molecule has 20 heavy (non-hydrogen) atoms. The molecule has 0 radical (unpaired) electrons. The predicted molar refractivity (Wildman–Crippen MR) is 75.9 cm³/mol. The molecule has 1 heterocycles. The minimum absolute atomic E-state index is 0.0145. The lowest BCUT2D eigenvalue weighted by molar-refractivity contribution is -0.0177. The summed E-state index contributed by atoms with van der Waals surface area (Å²) in [6, 6.07) is 6.84. The van der Waals surface area contributed by atoms with E-state index in [-0.39, 0.29) is 17.4 Å². The third kappa shape index (κ3) is 3.12. The lowest BCUT2D eigenvalue weighted by atomic mass is 9.96. The predicted octanol–water partition coefficient (Wildman–Crippen LogP) is 4.09. The zero-order valence-corrected chi connectivity index (χ0v) is 11.9. The van der Waals surface area contributed by atoms with Crippen LogP contribution in [0.1, 0.15) is 29.8 Å². The van der Waals surface area contributed by atoms with Crippen molar-refractivity contribution in [2.24, 2.45) is 10.9 Å². The minimum atomic E-state index is -2.85. The van der Waals surface area contributed by atoms with Crippen LogP contribution in [-0.4, -0.2) is 24.0 Å². The average Bonchev–Trinajstić information content (AvgIpc) is 2.37. The van der Waals surface area contributed by atoms with Crippen molar-refractivity contribution in [2.45, 2.75) is 19.8 Å². The van der Waals surface area contributed by atoms with Crippen LogP contribution in [0.2, 0.25) is 0 Å². The zero-order chi connectivity index (χ0) is 14.9. The molecule has 0 saturated heterocycles. The molecule has 1 aromatic rings. The van der Waals surface area contributed by atoms with Gasteiger partial charge in [0.15, 0.2) is 5.78 Å². The lowest BCUT2D eigenvalue weighted by Gasteiger charge is -2.23. The molecule has 5 heteroatoms. The summed E-state index contributed by atoms with van der Waals surface area (Å²) in [4.78, 5) is 15.5. The Balaban J connectivity index is 2.32. The molecule has 0 fully saturated rings. The van der Waals surface area contributed by atoms with Crippen molar-refractivity contribution >= 4 is 23.1 Å². The van der Waals surface area contributed by atoms with E-state index < -0.39 is 11.8 Å². The minimum Gasteiger partial charge on any atom is -0.295 e. The Morgan fingerprint density at radius 2 is 2.15 bits per heavy atom. The third-order valence-electron chi connectivity index (χ3n) is 3.21. The fourth-order valence-electron chi connectivity index (χ4n) is 1.99. The number of alkyl halides is 2. The number of ketones is 1. The van der Waals surface area contributed by atoms with Gasteiger partial charge in [-0.25, -0.2) is 8.78 Å². The van der Waals surface area contributed by atoms with Crippen LogP contribution in [0, 0.1) is 5.92 Å². The fraction of sp³-hybridized carbons (Fsp3) is 0.333. The van der Waals surface area contributed by atoms with E-state index in [0.717, 1.165) is 6.92 Å². The molecule has 1 aromatic carbocycles. The van der Waals surface area contributed by atoms with E-state index in [1.54, 1.807) is 24.3 Å². The van der Waals surface area contributed by atoms with Gasteiger partial charge in [0, 0.05) is 18.1 Å². The first-order valence-corrected chi connectivity index (χ1v) is 6.58. The topological polar surface area (TPSA) is 29.4 Å². The summed E-state index contributed by atoms with van der Waals surface area (Å²) in [5, 5.41) is 0.198. The first-order chi connectivity index (χ1) is 9.29. The van der Waals surface area contributed by atoms with Crippen molar-refractivity contribution in [3.05, 3.63) is 46.5 Å². The van der Waals surface area contributed by atoms with Gasteiger partial charge in [0.1, 0.15) is 0 Å². The molecule has 0 aliphatic carbocycles. The number of halogens is 3. The summed E-state index contributed by atoms with van der Waals surface area (Å²) in [5.74, 6) is -3.91.